The van der Waals surface area contributed by atoms with E-state index < -0.39 is 11.9 Å². The first-order valence-electron chi connectivity index (χ1n) is 5.67. The lowest BCUT2D eigenvalue weighted by atomic mass is 10.1. The van der Waals surface area contributed by atoms with Crippen LogP contribution in [-0.2, 0) is 9.59 Å². The fourth-order valence-corrected chi connectivity index (χ4v) is 1.38. The van der Waals surface area contributed by atoms with Gasteiger partial charge in [-0.2, -0.15) is 0 Å². The summed E-state index contributed by atoms with van der Waals surface area (Å²) in [5.41, 5.74) is 5.22. The molecule has 92 valence electrons. The van der Waals surface area contributed by atoms with Gasteiger partial charge in [-0.05, 0) is 25.2 Å². The first-order chi connectivity index (χ1) is 7.47. The van der Waals surface area contributed by atoms with Crippen LogP contribution in [0.3, 0.4) is 0 Å². The van der Waals surface area contributed by atoms with Crippen LogP contribution in [0, 0.1) is 5.92 Å². The summed E-state index contributed by atoms with van der Waals surface area (Å²) in [4.78, 5) is 22.6. The molecular formula is C12H22N2O2. The van der Waals surface area contributed by atoms with Crippen LogP contribution in [0.4, 0.5) is 0 Å². The first-order valence-corrected chi connectivity index (χ1v) is 5.67. The molecule has 0 bridgehead atoms. The summed E-state index contributed by atoms with van der Waals surface area (Å²) in [6.45, 7) is 7.51. The van der Waals surface area contributed by atoms with E-state index in [0.29, 0.717) is 12.8 Å². The van der Waals surface area contributed by atoms with Gasteiger partial charge in [-0.25, -0.2) is 0 Å². The van der Waals surface area contributed by atoms with Crippen molar-refractivity contribution in [3.05, 3.63) is 12.7 Å². The quantitative estimate of drug-likeness (QED) is 0.484. The Morgan fingerprint density at radius 1 is 1.44 bits per heavy atom. The highest BCUT2D eigenvalue weighted by Crippen LogP contribution is 2.04. The summed E-state index contributed by atoms with van der Waals surface area (Å²) in [6, 6.07) is -0.550. The van der Waals surface area contributed by atoms with E-state index in [0.717, 1.165) is 12.8 Å². The molecule has 0 rings (SSSR count). The molecule has 0 unspecified atom stereocenters. The van der Waals surface area contributed by atoms with Gasteiger partial charge in [0.15, 0.2) is 0 Å². The number of primary amides is 1. The third-order valence-electron chi connectivity index (χ3n) is 2.17. The monoisotopic (exact) mass is 226 g/mol. The normalized spacial score (nSPS) is 12.2. The van der Waals surface area contributed by atoms with Crippen LogP contribution < -0.4 is 11.1 Å². The van der Waals surface area contributed by atoms with Crippen LogP contribution in [0.25, 0.3) is 0 Å². The molecule has 0 fully saturated rings. The number of unbranched alkanes of at least 4 members (excludes halogenated alkanes) is 1. The summed E-state index contributed by atoms with van der Waals surface area (Å²) in [5, 5.41) is 2.66. The van der Waals surface area contributed by atoms with Crippen molar-refractivity contribution in [3.63, 3.8) is 0 Å². The Labute approximate surface area is 97.3 Å². The minimum Gasteiger partial charge on any atom is -0.368 e. The number of amides is 2. The van der Waals surface area contributed by atoms with E-state index in [2.05, 4.69) is 11.9 Å². The van der Waals surface area contributed by atoms with Crippen molar-refractivity contribution < 1.29 is 9.59 Å². The lowest BCUT2D eigenvalue weighted by Crippen LogP contribution is -2.44. The van der Waals surface area contributed by atoms with Crippen molar-refractivity contribution in [1.29, 1.82) is 0 Å². The Bertz CT molecular complexity index is 249. The molecule has 0 aliphatic carbocycles. The Morgan fingerprint density at radius 2 is 2.06 bits per heavy atom. The Kier molecular flexibility index (Phi) is 7.25. The van der Waals surface area contributed by atoms with Gasteiger partial charge in [-0.1, -0.05) is 19.9 Å². The highest BCUT2D eigenvalue weighted by molar-refractivity contribution is 5.86. The van der Waals surface area contributed by atoms with Gasteiger partial charge in [-0.15, -0.1) is 6.58 Å². The maximum Gasteiger partial charge on any atom is 0.239 e. The molecular weight excluding hydrogens is 204 g/mol. The van der Waals surface area contributed by atoms with Crippen molar-refractivity contribution in [3.8, 4) is 0 Å². The molecule has 3 N–H and O–H groups in total. The maximum absolute atomic E-state index is 11.5. The number of rotatable bonds is 8. The molecule has 1 atom stereocenters. The van der Waals surface area contributed by atoms with Crippen molar-refractivity contribution in [1.82, 2.24) is 5.32 Å². The number of carbonyl (C=O) groups is 2. The topological polar surface area (TPSA) is 72.2 Å². The zero-order chi connectivity index (χ0) is 12.6. The minimum absolute atomic E-state index is 0.114. The van der Waals surface area contributed by atoms with Gasteiger partial charge >= 0.3 is 0 Å². The Hall–Kier alpha value is -1.32. The van der Waals surface area contributed by atoms with E-state index in [1.807, 2.05) is 13.8 Å². The van der Waals surface area contributed by atoms with Gasteiger partial charge in [-0.3, -0.25) is 9.59 Å². The predicted octanol–water partition coefficient (Wildman–Crippen LogP) is 1.36. The lowest BCUT2D eigenvalue weighted by molar-refractivity contribution is -0.128. The van der Waals surface area contributed by atoms with E-state index >= 15 is 0 Å². The molecule has 0 aromatic carbocycles. The summed E-state index contributed by atoms with van der Waals surface area (Å²) < 4.78 is 0. The molecule has 0 saturated heterocycles. The van der Waals surface area contributed by atoms with E-state index in [-0.39, 0.29) is 11.8 Å². The second-order valence-corrected chi connectivity index (χ2v) is 4.34. The third kappa shape index (κ3) is 7.04. The van der Waals surface area contributed by atoms with Gasteiger partial charge < -0.3 is 11.1 Å². The number of allylic oxidation sites excluding steroid dienone is 1. The molecule has 2 amide bonds. The molecule has 0 aliphatic heterocycles. The second kappa shape index (κ2) is 7.91. The molecule has 0 aliphatic rings. The molecule has 0 heterocycles. The van der Waals surface area contributed by atoms with E-state index in [4.69, 9.17) is 5.73 Å². The lowest BCUT2D eigenvalue weighted by Gasteiger charge is -2.15. The summed E-state index contributed by atoms with van der Waals surface area (Å²) in [7, 11) is 0. The van der Waals surface area contributed by atoms with Crippen molar-refractivity contribution in [2.75, 3.05) is 0 Å². The first kappa shape index (κ1) is 14.7. The number of hydrogen-bond donors (Lipinski definition) is 2. The average Bonchev–Trinajstić information content (AvgIpc) is 2.15. The van der Waals surface area contributed by atoms with Crippen LogP contribution in [0.5, 0.6) is 0 Å². The van der Waals surface area contributed by atoms with Gasteiger partial charge in [0.1, 0.15) is 6.04 Å². The van der Waals surface area contributed by atoms with Gasteiger partial charge in [0.2, 0.25) is 11.8 Å². The summed E-state index contributed by atoms with van der Waals surface area (Å²) >= 11 is 0. The van der Waals surface area contributed by atoms with Crippen LogP contribution >= 0.6 is 0 Å². The smallest absolute Gasteiger partial charge is 0.239 e. The highest BCUT2D eigenvalue weighted by atomic mass is 16.2. The number of nitrogens with two attached hydrogens (primary N) is 1. The van der Waals surface area contributed by atoms with E-state index in [1.165, 1.54) is 0 Å². The standard InChI is InChI=1S/C12H22N2O2/c1-4-5-6-7-10(12(13)16)14-11(15)8-9(2)3/h4,9-10H,1,5-8H2,2-3H3,(H2,13,16)(H,14,15)/t10-/m1/s1. The largest absolute Gasteiger partial charge is 0.368 e. The zero-order valence-corrected chi connectivity index (χ0v) is 10.2. The predicted molar refractivity (Wildman–Crippen MR) is 64.6 cm³/mol. The second-order valence-electron chi connectivity index (χ2n) is 4.34. The van der Waals surface area contributed by atoms with Crippen LogP contribution in [0.15, 0.2) is 12.7 Å². The van der Waals surface area contributed by atoms with Gasteiger partial charge in [0.25, 0.3) is 0 Å². The van der Waals surface area contributed by atoms with Crippen LogP contribution in [-0.4, -0.2) is 17.9 Å². The number of hydrogen-bond acceptors (Lipinski definition) is 2. The maximum atomic E-state index is 11.5. The van der Waals surface area contributed by atoms with E-state index in [9.17, 15) is 9.59 Å². The molecule has 0 aromatic heterocycles. The van der Waals surface area contributed by atoms with Gasteiger partial charge in [0, 0.05) is 6.42 Å². The zero-order valence-electron chi connectivity index (χ0n) is 10.2. The van der Waals surface area contributed by atoms with Gasteiger partial charge in [0.05, 0.1) is 0 Å². The molecule has 16 heavy (non-hydrogen) atoms. The van der Waals surface area contributed by atoms with Crippen molar-refractivity contribution in [2.45, 2.75) is 45.6 Å². The number of carbonyl (C=O) groups excluding carboxylic acids is 2. The van der Waals surface area contributed by atoms with E-state index in [1.54, 1.807) is 6.08 Å². The van der Waals surface area contributed by atoms with Crippen molar-refractivity contribution >= 4 is 11.8 Å². The van der Waals surface area contributed by atoms with Crippen LogP contribution in [0.2, 0.25) is 0 Å². The highest BCUT2D eigenvalue weighted by Gasteiger charge is 2.17. The molecule has 0 saturated carbocycles. The van der Waals surface area contributed by atoms with Crippen molar-refractivity contribution in [2.24, 2.45) is 11.7 Å². The fourth-order valence-electron chi connectivity index (χ4n) is 1.38. The minimum atomic E-state index is -0.550. The molecule has 0 aromatic rings. The Morgan fingerprint density at radius 3 is 2.50 bits per heavy atom. The fraction of sp³-hybridized carbons (Fsp3) is 0.667. The molecule has 4 heteroatoms. The SMILES string of the molecule is C=CCCC[C@@H](NC(=O)CC(C)C)C(N)=O. The Balaban J connectivity index is 4.07. The molecule has 0 radical (unpaired) electrons. The third-order valence-corrected chi connectivity index (χ3v) is 2.17. The summed E-state index contributed by atoms with van der Waals surface area (Å²) in [5.74, 6) is -0.305. The molecule has 0 spiro atoms. The number of nitrogens with one attached hydrogen (secondary N) is 1. The average molecular weight is 226 g/mol. The summed E-state index contributed by atoms with van der Waals surface area (Å²) in [6.07, 6.45) is 4.41. The van der Waals surface area contributed by atoms with Crippen LogP contribution in [0.1, 0.15) is 39.5 Å². The molecule has 4 nitrogen and oxygen atoms in total.